The largest absolute Gasteiger partial charge is 0.392 e. The summed E-state index contributed by atoms with van der Waals surface area (Å²) in [5.74, 6) is 1.81. The van der Waals surface area contributed by atoms with E-state index in [1.807, 2.05) is 12.1 Å². The average molecular weight is 290 g/mol. The maximum atomic E-state index is 9.54. The molecule has 1 N–H and O–H groups in total. The number of aliphatic hydroxyl groups excluding tert-OH is 1. The van der Waals surface area contributed by atoms with Gasteiger partial charge in [0.1, 0.15) is 5.82 Å². The van der Waals surface area contributed by atoms with Gasteiger partial charge in [0.2, 0.25) is 0 Å². The number of hydrogen-bond acceptors (Lipinski definition) is 3. The first-order chi connectivity index (χ1) is 9.81. The first kappa shape index (κ1) is 16.3. The second kappa shape index (κ2) is 6.35. The van der Waals surface area contributed by atoms with Gasteiger partial charge in [0.25, 0.3) is 0 Å². The highest BCUT2D eigenvalue weighted by Gasteiger charge is 2.25. The van der Waals surface area contributed by atoms with Crippen LogP contribution in [0.15, 0.2) is 12.1 Å². The standard InChI is InChI=1S/C18H30N2O/c1-13-7-6-8-15(9-13)20(5)17-11-14(12-21)10-16(19-17)18(2,3)4/h10-11,13,15,21H,6-9,12H2,1-5H3. The second-order valence-electron chi connectivity index (χ2n) is 7.66. The van der Waals surface area contributed by atoms with Crippen LogP contribution >= 0.6 is 0 Å². The quantitative estimate of drug-likeness (QED) is 0.917. The summed E-state index contributed by atoms with van der Waals surface area (Å²) in [4.78, 5) is 7.19. The van der Waals surface area contributed by atoms with Crippen LogP contribution in [0.5, 0.6) is 0 Å². The molecule has 118 valence electrons. The molecule has 2 rings (SSSR count). The number of hydrogen-bond donors (Lipinski definition) is 1. The Hall–Kier alpha value is -1.09. The molecule has 21 heavy (non-hydrogen) atoms. The van der Waals surface area contributed by atoms with E-state index in [9.17, 15) is 5.11 Å². The predicted octanol–water partition coefficient (Wildman–Crippen LogP) is 3.89. The van der Waals surface area contributed by atoms with Gasteiger partial charge in [0, 0.05) is 24.2 Å². The molecule has 1 saturated carbocycles. The van der Waals surface area contributed by atoms with Crippen LogP contribution in [0.25, 0.3) is 0 Å². The fourth-order valence-corrected chi connectivity index (χ4v) is 3.17. The third kappa shape index (κ3) is 3.97. The predicted molar refractivity (Wildman–Crippen MR) is 88.7 cm³/mol. The Labute approximate surface area is 129 Å². The Morgan fingerprint density at radius 3 is 2.57 bits per heavy atom. The van der Waals surface area contributed by atoms with Crippen molar-refractivity contribution in [2.75, 3.05) is 11.9 Å². The van der Waals surface area contributed by atoms with Crippen molar-refractivity contribution in [2.24, 2.45) is 5.92 Å². The van der Waals surface area contributed by atoms with Crippen molar-refractivity contribution in [3.05, 3.63) is 23.4 Å². The van der Waals surface area contributed by atoms with Crippen molar-refractivity contribution in [3.8, 4) is 0 Å². The second-order valence-corrected chi connectivity index (χ2v) is 7.66. The van der Waals surface area contributed by atoms with Crippen LogP contribution < -0.4 is 4.90 Å². The highest BCUT2D eigenvalue weighted by atomic mass is 16.3. The highest BCUT2D eigenvalue weighted by Crippen LogP contribution is 2.31. The molecule has 1 aliphatic carbocycles. The molecule has 1 fully saturated rings. The SMILES string of the molecule is CC1CCCC(N(C)c2cc(CO)cc(C(C)(C)C)n2)C1. The third-order valence-electron chi connectivity index (χ3n) is 4.64. The van der Waals surface area contributed by atoms with Crippen molar-refractivity contribution >= 4 is 5.82 Å². The van der Waals surface area contributed by atoms with Gasteiger partial charge in [0.15, 0.2) is 0 Å². The zero-order chi connectivity index (χ0) is 15.6. The monoisotopic (exact) mass is 290 g/mol. The minimum absolute atomic E-state index is 0.000622. The number of anilines is 1. The topological polar surface area (TPSA) is 36.4 Å². The van der Waals surface area contributed by atoms with Crippen molar-refractivity contribution in [2.45, 2.75) is 71.4 Å². The summed E-state index contributed by atoms with van der Waals surface area (Å²) >= 11 is 0. The van der Waals surface area contributed by atoms with Crippen molar-refractivity contribution in [1.82, 2.24) is 4.98 Å². The lowest BCUT2D eigenvalue weighted by molar-refractivity contribution is 0.281. The van der Waals surface area contributed by atoms with Gasteiger partial charge in [-0.2, -0.15) is 0 Å². The number of pyridine rings is 1. The van der Waals surface area contributed by atoms with E-state index in [1.165, 1.54) is 25.7 Å². The van der Waals surface area contributed by atoms with Crippen LogP contribution in [0.2, 0.25) is 0 Å². The summed E-state index contributed by atoms with van der Waals surface area (Å²) in [5.41, 5.74) is 2.01. The van der Waals surface area contributed by atoms with E-state index in [0.29, 0.717) is 6.04 Å². The molecule has 0 bridgehead atoms. The third-order valence-corrected chi connectivity index (χ3v) is 4.64. The van der Waals surface area contributed by atoms with E-state index >= 15 is 0 Å². The molecule has 1 aromatic heterocycles. The average Bonchev–Trinajstić information content (AvgIpc) is 2.45. The number of aliphatic hydroxyl groups is 1. The van der Waals surface area contributed by atoms with Gasteiger partial charge in [-0.25, -0.2) is 4.98 Å². The summed E-state index contributed by atoms with van der Waals surface area (Å²) < 4.78 is 0. The van der Waals surface area contributed by atoms with Crippen LogP contribution in [0.1, 0.15) is 64.6 Å². The van der Waals surface area contributed by atoms with Gasteiger partial charge in [0.05, 0.1) is 6.61 Å². The molecular weight excluding hydrogens is 260 g/mol. The van der Waals surface area contributed by atoms with Gasteiger partial charge in [-0.3, -0.25) is 0 Å². The molecule has 3 heteroatoms. The van der Waals surface area contributed by atoms with Gasteiger partial charge >= 0.3 is 0 Å². The van der Waals surface area contributed by atoms with Gasteiger partial charge in [-0.05, 0) is 36.5 Å². The maximum Gasteiger partial charge on any atom is 0.129 e. The van der Waals surface area contributed by atoms with Crippen LogP contribution in [0.3, 0.4) is 0 Å². The van der Waals surface area contributed by atoms with Gasteiger partial charge in [-0.15, -0.1) is 0 Å². The van der Waals surface area contributed by atoms with Crippen molar-refractivity contribution in [1.29, 1.82) is 0 Å². The fourth-order valence-electron chi connectivity index (χ4n) is 3.17. The van der Waals surface area contributed by atoms with E-state index in [4.69, 9.17) is 4.98 Å². The van der Waals surface area contributed by atoms with Crippen LogP contribution in [-0.4, -0.2) is 23.2 Å². The van der Waals surface area contributed by atoms with Crippen LogP contribution in [0, 0.1) is 5.92 Å². The number of nitrogens with zero attached hydrogens (tertiary/aromatic N) is 2. The minimum Gasteiger partial charge on any atom is -0.392 e. The lowest BCUT2D eigenvalue weighted by Crippen LogP contribution is -2.36. The molecular formula is C18H30N2O. The molecule has 2 unspecified atom stereocenters. The zero-order valence-corrected chi connectivity index (χ0v) is 14.2. The number of aromatic nitrogens is 1. The molecule has 0 saturated heterocycles. The molecule has 1 heterocycles. The highest BCUT2D eigenvalue weighted by molar-refractivity contribution is 5.44. The molecule has 0 spiro atoms. The van der Waals surface area contributed by atoms with E-state index in [-0.39, 0.29) is 12.0 Å². The van der Waals surface area contributed by atoms with Gasteiger partial charge in [-0.1, -0.05) is 40.5 Å². The Kier molecular flexibility index (Phi) is 4.92. The van der Waals surface area contributed by atoms with Gasteiger partial charge < -0.3 is 10.0 Å². The summed E-state index contributed by atoms with van der Waals surface area (Å²) in [5, 5.41) is 9.54. The van der Waals surface area contributed by atoms with Crippen molar-refractivity contribution in [3.63, 3.8) is 0 Å². The van der Waals surface area contributed by atoms with E-state index in [1.54, 1.807) is 0 Å². The van der Waals surface area contributed by atoms with E-state index in [2.05, 4.69) is 39.6 Å². The normalized spacial score (nSPS) is 23.1. The Bertz CT molecular complexity index is 479. The first-order valence-corrected chi connectivity index (χ1v) is 8.16. The Morgan fingerprint density at radius 2 is 2.00 bits per heavy atom. The molecule has 3 nitrogen and oxygen atoms in total. The molecule has 0 aliphatic heterocycles. The smallest absolute Gasteiger partial charge is 0.129 e. The Morgan fingerprint density at radius 1 is 1.29 bits per heavy atom. The summed E-state index contributed by atoms with van der Waals surface area (Å²) in [6.07, 6.45) is 5.15. The summed E-state index contributed by atoms with van der Waals surface area (Å²) in [6.45, 7) is 8.93. The van der Waals surface area contributed by atoms with Crippen LogP contribution in [-0.2, 0) is 12.0 Å². The summed E-state index contributed by atoms with van der Waals surface area (Å²) in [6, 6.07) is 4.64. The van der Waals surface area contributed by atoms with E-state index in [0.717, 1.165) is 23.0 Å². The zero-order valence-electron chi connectivity index (χ0n) is 14.2. The van der Waals surface area contributed by atoms with Crippen molar-refractivity contribution < 1.29 is 5.11 Å². The minimum atomic E-state index is 0.000622. The molecule has 1 aliphatic rings. The molecule has 0 aromatic carbocycles. The lowest BCUT2D eigenvalue weighted by atomic mass is 9.86. The fraction of sp³-hybridized carbons (Fsp3) is 0.722. The van der Waals surface area contributed by atoms with E-state index < -0.39 is 0 Å². The molecule has 0 amide bonds. The lowest BCUT2D eigenvalue weighted by Gasteiger charge is -2.35. The molecule has 2 atom stereocenters. The van der Waals surface area contributed by atoms with Crippen LogP contribution in [0.4, 0.5) is 5.82 Å². The molecule has 1 aromatic rings. The maximum absolute atomic E-state index is 9.54. The Balaban J connectivity index is 2.29. The summed E-state index contributed by atoms with van der Waals surface area (Å²) in [7, 11) is 2.15. The number of rotatable bonds is 3. The molecule has 0 radical (unpaired) electrons. The first-order valence-electron chi connectivity index (χ1n) is 8.16.